The summed E-state index contributed by atoms with van der Waals surface area (Å²) < 4.78 is 8.11. The molecule has 0 saturated carbocycles. The lowest BCUT2D eigenvalue weighted by atomic mass is 10.0. The Balaban J connectivity index is 2.13. The zero-order valence-electron chi connectivity index (χ0n) is 8.55. The average molecular weight is 219 g/mol. The van der Waals surface area contributed by atoms with Gasteiger partial charge in [-0.3, -0.25) is 0 Å². The van der Waals surface area contributed by atoms with E-state index in [4.69, 9.17) is 5.73 Å². The molecule has 0 spiro atoms. The second-order valence-corrected chi connectivity index (χ2v) is 4.13. The van der Waals surface area contributed by atoms with E-state index in [1.54, 1.807) is 6.20 Å². The molecule has 0 aliphatic rings. The maximum Gasteiger partial charge on any atom is 0.0913 e. The van der Waals surface area contributed by atoms with Crippen molar-refractivity contribution in [1.29, 1.82) is 0 Å². The number of benzene rings is 1. The second kappa shape index (κ2) is 4.51. The molecule has 0 amide bonds. The van der Waals surface area contributed by atoms with Crippen molar-refractivity contribution in [2.75, 3.05) is 0 Å². The fraction of sp³-hybridized carbons (Fsp3) is 0.273. The first-order chi connectivity index (χ1) is 7.27. The standard InChI is InChI=1S/C11H13N3S/c1-8-4-2-3-5-9(8)6-10(12)11-7-13-15-14-11/h2-5,7,10H,6,12H2,1H3. The van der Waals surface area contributed by atoms with Crippen LogP contribution in [0.15, 0.2) is 30.5 Å². The summed E-state index contributed by atoms with van der Waals surface area (Å²) in [7, 11) is 0. The molecular formula is C11H13N3S. The van der Waals surface area contributed by atoms with Crippen molar-refractivity contribution in [2.24, 2.45) is 5.73 Å². The van der Waals surface area contributed by atoms with Crippen LogP contribution in [0.2, 0.25) is 0 Å². The minimum Gasteiger partial charge on any atom is -0.322 e. The fourth-order valence-corrected chi connectivity index (χ4v) is 1.99. The predicted octanol–water partition coefficient (Wildman–Crippen LogP) is 2.09. The molecule has 0 aliphatic heterocycles. The first kappa shape index (κ1) is 10.3. The van der Waals surface area contributed by atoms with E-state index in [1.165, 1.54) is 22.9 Å². The third-order valence-electron chi connectivity index (χ3n) is 2.46. The van der Waals surface area contributed by atoms with Gasteiger partial charge < -0.3 is 5.73 Å². The smallest absolute Gasteiger partial charge is 0.0913 e. The van der Waals surface area contributed by atoms with Gasteiger partial charge in [-0.2, -0.15) is 8.75 Å². The molecule has 1 unspecified atom stereocenters. The van der Waals surface area contributed by atoms with E-state index in [2.05, 4.69) is 27.8 Å². The summed E-state index contributed by atoms with van der Waals surface area (Å²) in [6.07, 6.45) is 2.56. The number of nitrogens with two attached hydrogens (primary N) is 1. The van der Waals surface area contributed by atoms with Crippen molar-refractivity contribution < 1.29 is 0 Å². The quantitative estimate of drug-likeness (QED) is 0.860. The molecule has 1 atom stereocenters. The molecule has 3 nitrogen and oxygen atoms in total. The Bertz CT molecular complexity index is 425. The van der Waals surface area contributed by atoms with Crippen LogP contribution in [0.1, 0.15) is 22.9 Å². The zero-order chi connectivity index (χ0) is 10.7. The molecule has 0 saturated heterocycles. The Morgan fingerprint density at radius 1 is 1.40 bits per heavy atom. The summed E-state index contributed by atoms with van der Waals surface area (Å²) in [6.45, 7) is 2.10. The Morgan fingerprint density at radius 2 is 2.20 bits per heavy atom. The lowest BCUT2D eigenvalue weighted by Gasteiger charge is -2.10. The molecule has 15 heavy (non-hydrogen) atoms. The normalized spacial score (nSPS) is 12.7. The molecule has 0 radical (unpaired) electrons. The molecule has 1 heterocycles. The third kappa shape index (κ3) is 2.40. The largest absolute Gasteiger partial charge is 0.322 e. The highest BCUT2D eigenvalue weighted by Gasteiger charge is 2.10. The van der Waals surface area contributed by atoms with Gasteiger partial charge in [0.25, 0.3) is 0 Å². The van der Waals surface area contributed by atoms with Crippen LogP contribution in [0.4, 0.5) is 0 Å². The summed E-state index contributed by atoms with van der Waals surface area (Å²) in [6, 6.07) is 8.23. The topological polar surface area (TPSA) is 51.8 Å². The fourth-order valence-electron chi connectivity index (χ4n) is 1.52. The zero-order valence-corrected chi connectivity index (χ0v) is 9.37. The summed E-state index contributed by atoms with van der Waals surface area (Å²) in [5.74, 6) is 0. The third-order valence-corrected chi connectivity index (χ3v) is 2.95. The van der Waals surface area contributed by atoms with Crippen molar-refractivity contribution in [3.8, 4) is 0 Å². The van der Waals surface area contributed by atoms with Crippen LogP contribution in [0.5, 0.6) is 0 Å². The van der Waals surface area contributed by atoms with Gasteiger partial charge in [0, 0.05) is 0 Å². The highest BCUT2D eigenvalue weighted by atomic mass is 32.1. The molecule has 0 fully saturated rings. The van der Waals surface area contributed by atoms with Crippen molar-refractivity contribution >= 4 is 11.7 Å². The van der Waals surface area contributed by atoms with E-state index in [0.29, 0.717) is 0 Å². The Hall–Kier alpha value is -1.26. The van der Waals surface area contributed by atoms with E-state index in [9.17, 15) is 0 Å². The summed E-state index contributed by atoms with van der Waals surface area (Å²) in [5.41, 5.74) is 9.47. The number of rotatable bonds is 3. The number of hydrogen-bond acceptors (Lipinski definition) is 4. The van der Waals surface area contributed by atoms with Gasteiger partial charge in [0.15, 0.2) is 0 Å². The highest BCUT2D eigenvalue weighted by Crippen LogP contribution is 2.16. The van der Waals surface area contributed by atoms with Gasteiger partial charge in [0.05, 0.1) is 29.7 Å². The van der Waals surface area contributed by atoms with Crippen LogP contribution in [-0.4, -0.2) is 8.75 Å². The predicted molar refractivity (Wildman–Crippen MR) is 61.7 cm³/mol. The first-order valence-electron chi connectivity index (χ1n) is 4.85. The van der Waals surface area contributed by atoms with E-state index in [-0.39, 0.29) is 6.04 Å². The molecule has 0 aliphatic carbocycles. The van der Waals surface area contributed by atoms with Crippen LogP contribution in [0.3, 0.4) is 0 Å². The highest BCUT2D eigenvalue weighted by molar-refractivity contribution is 6.99. The Labute approximate surface area is 93.3 Å². The van der Waals surface area contributed by atoms with E-state index < -0.39 is 0 Å². The average Bonchev–Trinajstić information content (AvgIpc) is 2.74. The lowest BCUT2D eigenvalue weighted by Crippen LogP contribution is -2.14. The van der Waals surface area contributed by atoms with Crippen molar-refractivity contribution in [3.05, 3.63) is 47.3 Å². The number of nitrogens with zero attached hydrogens (tertiary/aromatic N) is 2. The number of hydrogen-bond donors (Lipinski definition) is 1. The van der Waals surface area contributed by atoms with Gasteiger partial charge in [-0.25, -0.2) is 0 Å². The Morgan fingerprint density at radius 3 is 2.87 bits per heavy atom. The molecule has 1 aromatic heterocycles. The van der Waals surface area contributed by atoms with Crippen LogP contribution in [0, 0.1) is 6.92 Å². The first-order valence-corrected chi connectivity index (χ1v) is 5.58. The van der Waals surface area contributed by atoms with Gasteiger partial charge in [-0.05, 0) is 24.5 Å². The van der Waals surface area contributed by atoms with Gasteiger partial charge >= 0.3 is 0 Å². The Kier molecular flexibility index (Phi) is 3.08. The minimum absolute atomic E-state index is 0.0511. The van der Waals surface area contributed by atoms with Gasteiger partial charge in [0.1, 0.15) is 0 Å². The van der Waals surface area contributed by atoms with Crippen LogP contribution in [-0.2, 0) is 6.42 Å². The molecule has 4 heteroatoms. The van der Waals surface area contributed by atoms with Crippen molar-refractivity contribution in [2.45, 2.75) is 19.4 Å². The summed E-state index contributed by atoms with van der Waals surface area (Å²) >= 11 is 1.20. The maximum atomic E-state index is 6.04. The van der Waals surface area contributed by atoms with E-state index in [1.807, 2.05) is 12.1 Å². The summed E-state index contributed by atoms with van der Waals surface area (Å²) in [5, 5.41) is 0. The van der Waals surface area contributed by atoms with Crippen LogP contribution >= 0.6 is 11.7 Å². The second-order valence-electron chi connectivity index (χ2n) is 3.57. The lowest BCUT2D eigenvalue weighted by molar-refractivity contribution is 0.701. The van der Waals surface area contributed by atoms with Crippen LogP contribution in [0.25, 0.3) is 0 Å². The van der Waals surface area contributed by atoms with Gasteiger partial charge in [0.2, 0.25) is 0 Å². The molecule has 0 bridgehead atoms. The molecule has 2 rings (SSSR count). The van der Waals surface area contributed by atoms with E-state index >= 15 is 0 Å². The molecular weight excluding hydrogens is 206 g/mol. The molecule has 1 aromatic carbocycles. The molecule has 2 N–H and O–H groups in total. The summed E-state index contributed by atoms with van der Waals surface area (Å²) in [4.78, 5) is 0. The SMILES string of the molecule is Cc1ccccc1CC(N)c1cnsn1. The van der Waals surface area contributed by atoms with Crippen molar-refractivity contribution in [3.63, 3.8) is 0 Å². The molecule has 78 valence electrons. The molecule has 2 aromatic rings. The number of aromatic nitrogens is 2. The van der Waals surface area contributed by atoms with Gasteiger partial charge in [-0.15, -0.1) is 0 Å². The maximum absolute atomic E-state index is 6.04. The number of aryl methyl sites for hydroxylation is 1. The van der Waals surface area contributed by atoms with Gasteiger partial charge in [-0.1, -0.05) is 24.3 Å². The van der Waals surface area contributed by atoms with E-state index in [0.717, 1.165) is 12.1 Å². The monoisotopic (exact) mass is 219 g/mol. The van der Waals surface area contributed by atoms with Crippen molar-refractivity contribution in [1.82, 2.24) is 8.75 Å². The minimum atomic E-state index is -0.0511. The van der Waals surface area contributed by atoms with Crippen LogP contribution < -0.4 is 5.73 Å².